The van der Waals surface area contributed by atoms with Crippen LogP contribution in [-0.4, -0.2) is 12.1 Å². The Morgan fingerprint density at radius 3 is 1.56 bits per heavy atom. The highest BCUT2D eigenvalue weighted by Crippen LogP contribution is 2.41. The average Bonchev–Trinajstić information content (AvgIpc) is 1.65. The lowest BCUT2D eigenvalue weighted by atomic mass is 9.38. The second-order valence-corrected chi connectivity index (χ2v) is 5.71. The summed E-state index contributed by atoms with van der Waals surface area (Å²) in [5.41, 5.74) is 0. The Labute approximate surface area is 64.0 Å². The van der Waals surface area contributed by atoms with E-state index in [9.17, 15) is 0 Å². The van der Waals surface area contributed by atoms with Crippen LogP contribution in [-0.2, 0) is 0 Å². The first-order valence-corrected chi connectivity index (χ1v) is 4.73. The van der Waals surface area contributed by atoms with Gasteiger partial charge in [-0.3, -0.25) is 0 Å². The molecule has 0 nitrogen and oxygen atoms in total. The van der Waals surface area contributed by atoms with Gasteiger partial charge in [0.1, 0.15) is 6.71 Å². The fourth-order valence-corrected chi connectivity index (χ4v) is 1.15. The Balaban J connectivity index is 4.01. The van der Waals surface area contributed by atoms with E-state index in [0.717, 1.165) is 6.71 Å². The largest absolute Gasteiger partial charge is 0.140 e. The van der Waals surface area contributed by atoms with Crippen LogP contribution in [0.25, 0.3) is 0 Å². The summed E-state index contributed by atoms with van der Waals surface area (Å²) in [4.78, 5) is 0. The highest BCUT2D eigenvalue weighted by atomic mass is 31.1. The van der Waals surface area contributed by atoms with E-state index < -0.39 is 0 Å². The highest BCUT2D eigenvalue weighted by Gasteiger charge is 2.28. The summed E-state index contributed by atoms with van der Waals surface area (Å²) in [6, 6.07) is 0. The molecule has 0 aliphatic carbocycles. The molecule has 2 unspecified atom stereocenters. The minimum Gasteiger partial charge on any atom is -0.131 e. The molecule has 0 fully saturated rings. The van der Waals surface area contributed by atoms with Gasteiger partial charge in [-0.1, -0.05) is 27.5 Å². The van der Waals surface area contributed by atoms with Crippen LogP contribution in [0.5, 0.6) is 0 Å². The maximum Gasteiger partial charge on any atom is 0.140 e. The molecule has 2 atom stereocenters. The maximum atomic E-state index is 2.83. The topological polar surface area (TPSA) is 0 Å². The molecule has 0 aromatic heterocycles. The van der Waals surface area contributed by atoms with Gasteiger partial charge in [0.15, 0.2) is 0 Å². The van der Waals surface area contributed by atoms with Crippen molar-refractivity contribution in [2.75, 3.05) is 0 Å². The lowest BCUT2D eigenvalue weighted by molar-refractivity contribution is 0.726. The van der Waals surface area contributed by atoms with E-state index in [-0.39, 0.29) is 0 Å². The van der Waals surface area contributed by atoms with Crippen molar-refractivity contribution in [3.05, 3.63) is 0 Å². The monoisotopic (exact) mass is 162 g/mol. The summed E-state index contributed by atoms with van der Waals surface area (Å²) in [5, 5.41) is 1.05. The Kier molecular flexibility index (Phi) is 3.70. The van der Waals surface area contributed by atoms with E-state index in [1.807, 2.05) is 0 Å². The first-order valence-electron chi connectivity index (χ1n) is 3.40. The van der Waals surface area contributed by atoms with Crippen molar-refractivity contribution in [3.8, 4) is 0 Å². The fourth-order valence-electron chi connectivity index (χ4n) is 0.385. The molecule has 0 spiro atoms. The zero-order valence-electron chi connectivity index (χ0n) is 6.81. The molecule has 3 heteroatoms. The van der Waals surface area contributed by atoms with Crippen molar-refractivity contribution in [3.63, 3.8) is 0 Å². The molecule has 0 aromatic rings. The van der Waals surface area contributed by atoms with Crippen LogP contribution >= 0.6 is 18.5 Å². The first kappa shape index (κ1) is 9.92. The van der Waals surface area contributed by atoms with Crippen molar-refractivity contribution in [1.82, 2.24) is 0 Å². The minimum atomic E-state index is 0.426. The molecule has 0 amide bonds. The van der Waals surface area contributed by atoms with Gasteiger partial charge in [0.25, 0.3) is 0 Å². The Morgan fingerprint density at radius 1 is 1.22 bits per heavy atom. The van der Waals surface area contributed by atoms with Crippen molar-refractivity contribution in [2.45, 2.75) is 38.2 Å². The van der Waals surface area contributed by atoms with Crippen LogP contribution in [0.3, 0.4) is 0 Å². The normalized spacial score (nSPS) is 12.3. The molecule has 0 heterocycles. The molecule has 0 radical (unpaired) electrons. The zero-order chi connectivity index (χ0) is 7.65. The molecule has 0 N–H and O–H groups in total. The second-order valence-electron chi connectivity index (χ2n) is 3.50. The molecule has 0 saturated heterocycles. The first-order chi connectivity index (χ1) is 3.89. The molecule has 0 bridgehead atoms. The molecule has 0 saturated carbocycles. The van der Waals surface area contributed by atoms with Crippen LogP contribution in [0.4, 0.5) is 0 Å². The van der Waals surface area contributed by atoms with Crippen LogP contribution in [0.2, 0.25) is 19.0 Å². The van der Waals surface area contributed by atoms with Gasteiger partial charge in [-0.15, -0.1) is 18.5 Å². The van der Waals surface area contributed by atoms with E-state index >= 15 is 0 Å². The summed E-state index contributed by atoms with van der Waals surface area (Å²) < 4.78 is 0. The number of hydrogen-bond donors (Lipinski definition) is 0. The summed E-state index contributed by atoms with van der Waals surface area (Å²) >= 11 is 0. The van der Waals surface area contributed by atoms with Crippen molar-refractivity contribution >= 4 is 25.2 Å². The Morgan fingerprint density at radius 2 is 1.56 bits per heavy atom. The van der Waals surface area contributed by atoms with Gasteiger partial charge in [-0.05, 0) is 10.7 Å². The van der Waals surface area contributed by atoms with E-state index in [1.54, 1.807) is 0 Å². The van der Waals surface area contributed by atoms with E-state index in [4.69, 9.17) is 0 Å². The summed E-state index contributed by atoms with van der Waals surface area (Å²) in [6.45, 7) is 9.87. The zero-order valence-corrected chi connectivity index (χ0v) is 9.12. The number of rotatable bonds is 2. The molecule has 9 heavy (non-hydrogen) atoms. The van der Waals surface area contributed by atoms with Gasteiger partial charge in [0.05, 0.1) is 0 Å². The second kappa shape index (κ2) is 3.36. The molecule has 0 aliphatic heterocycles. The molecule has 0 rings (SSSR count). The summed E-state index contributed by atoms with van der Waals surface area (Å²) in [6.07, 6.45) is 0. The molecule has 0 aromatic carbocycles. The van der Waals surface area contributed by atoms with Crippen LogP contribution < -0.4 is 0 Å². The van der Waals surface area contributed by atoms with Crippen molar-refractivity contribution in [1.29, 1.82) is 0 Å². The lowest BCUT2D eigenvalue weighted by Crippen LogP contribution is -2.26. The third kappa shape index (κ3) is 2.56. The van der Waals surface area contributed by atoms with Crippen molar-refractivity contribution < 1.29 is 0 Å². The predicted octanol–water partition coefficient (Wildman–Crippen LogP) is 2.60. The highest BCUT2D eigenvalue weighted by molar-refractivity contribution is 7.38. The van der Waals surface area contributed by atoms with E-state index in [0.29, 0.717) is 10.7 Å². The Bertz CT molecular complexity index is 79.1. The Hall–Kier alpha value is 0.925. The third-order valence-corrected chi connectivity index (χ3v) is 4.07. The molecule has 54 valence electrons. The smallest absolute Gasteiger partial charge is 0.131 e. The third-order valence-electron chi connectivity index (χ3n) is 2.35. The van der Waals surface area contributed by atoms with Crippen LogP contribution in [0, 0.1) is 0 Å². The maximum absolute atomic E-state index is 2.83. The molecular weight excluding hydrogens is 145 g/mol. The lowest BCUT2D eigenvalue weighted by Gasteiger charge is -2.31. The predicted molar refractivity (Wildman–Crippen MR) is 54.7 cm³/mol. The summed E-state index contributed by atoms with van der Waals surface area (Å²) in [7, 11) is 5.67. The van der Waals surface area contributed by atoms with Crippen molar-refractivity contribution in [2.24, 2.45) is 0 Å². The van der Waals surface area contributed by atoms with Gasteiger partial charge in [-0.25, -0.2) is 0 Å². The number of hydrogen-bond acceptors (Lipinski definition) is 0. The molecular formula is C6H17BP2. The van der Waals surface area contributed by atoms with E-state index in [1.165, 1.54) is 0 Å². The van der Waals surface area contributed by atoms with Gasteiger partial charge >= 0.3 is 0 Å². The van der Waals surface area contributed by atoms with Gasteiger partial charge in [-0.2, -0.15) is 0 Å². The quantitative estimate of drug-likeness (QED) is 0.432. The van der Waals surface area contributed by atoms with Gasteiger partial charge < -0.3 is 0 Å². The van der Waals surface area contributed by atoms with Crippen LogP contribution in [0.1, 0.15) is 13.8 Å². The summed E-state index contributed by atoms with van der Waals surface area (Å²) in [5.74, 6) is 0. The van der Waals surface area contributed by atoms with Gasteiger partial charge in [0.2, 0.25) is 0 Å². The SMILES string of the molecule is CB(C)C(C)(C)C(P)P. The van der Waals surface area contributed by atoms with Gasteiger partial charge in [0, 0.05) is 0 Å². The van der Waals surface area contributed by atoms with E-state index in [2.05, 4.69) is 46.0 Å². The minimum absolute atomic E-state index is 0.426. The molecule has 0 aliphatic rings. The fraction of sp³-hybridized carbons (Fsp3) is 1.00. The van der Waals surface area contributed by atoms with Crippen LogP contribution in [0.15, 0.2) is 0 Å². The average molecular weight is 162 g/mol. The standard InChI is InChI=1S/C6H17BP2/c1-6(2,5(8)9)7(3)4/h5H,8-9H2,1-4H3.